The summed E-state index contributed by atoms with van der Waals surface area (Å²) in [5.41, 5.74) is 7.80. The number of fused-ring (bicyclic) bond motifs is 1. The maximum absolute atomic E-state index is 6.09. The van der Waals surface area contributed by atoms with E-state index in [1.165, 1.54) is 0 Å². The SMILES string of the molecule is C=C(/C=C\C=C/C)[C@@H](CCN)Oc1cc(Cl)cc2n[nH]nc12. The molecule has 1 aromatic heterocycles. The van der Waals surface area contributed by atoms with Crippen LogP contribution in [0.4, 0.5) is 0 Å². The molecule has 1 aromatic carbocycles. The number of hydrogen-bond donors (Lipinski definition) is 2. The highest BCUT2D eigenvalue weighted by atomic mass is 35.5. The Hall–Kier alpha value is -2.11. The highest BCUT2D eigenvalue weighted by Crippen LogP contribution is 2.29. The van der Waals surface area contributed by atoms with Crippen LogP contribution in [0.1, 0.15) is 13.3 Å². The first-order chi connectivity index (χ1) is 10.7. The highest BCUT2D eigenvalue weighted by molar-refractivity contribution is 6.31. The highest BCUT2D eigenvalue weighted by Gasteiger charge is 2.16. The maximum atomic E-state index is 6.09. The summed E-state index contributed by atoms with van der Waals surface area (Å²) in [4.78, 5) is 0. The van der Waals surface area contributed by atoms with Crippen molar-refractivity contribution >= 4 is 22.6 Å². The monoisotopic (exact) mass is 318 g/mol. The number of nitrogens with zero attached hydrogens (tertiary/aromatic N) is 2. The van der Waals surface area contributed by atoms with Crippen molar-refractivity contribution in [2.24, 2.45) is 5.73 Å². The van der Waals surface area contributed by atoms with Crippen molar-refractivity contribution in [1.29, 1.82) is 0 Å². The number of hydrogen-bond acceptors (Lipinski definition) is 4. The van der Waals surface area contributed by atoms with Gasteiger partial charge in [-0.3, -0.25) is 0 Å². The number of allylic oxidation sites excluding steroid dienone is 3. The average Bonchev–Trinajstić information content (AvgIpc) is 2.95. The Bertz CT molecular complexity index is 705. The van der Waals surface area contributed by atoms with Crippen molar-refractivity contribution in [3.63, 3.8) is 0 Å². The number of H-pyrrole nitrogens is 1. The Labute approximate surface area is 134 Å². The van der Waals surface area contributed by atoms with E-state index in [9.17, 15) is 0 Å². The number of aromatic nitrogens is 3. The van der Waals surface area contributed by atoms with Gasteiger partial charge in [-0.05, 0) is 25.1 Å². The van der Waals surface area contributed by atoms with Crippen LogP contribution in [-0.2, 0) is 0 Å². The van der Waals surface area contributed by atoms with E-state index in [-0.39, 0.29) is 6.10 Å². The smallest absolute Gasteiger partial charge is 0.154 e. The number of nitrogens with one attached hydrogen (secondary N) is 1. The van der Waals surface area contributed by atoms with Gasteiger partial charge in [0.25, 0.3) is 0 Å². The van der Waals surface area contributed by atoms with Crippen LogP contribution < -0.4 is 10.5 Å². The molecule has 22 heavy (non-hydrogen) atoms. The van der Waals surface area contributed by atoms with Gasteiger partial charge in [0.05, 0.1) is 0 Å². The van der Waals surface area contributed by atoms with Gasteiger partial charge in [0.2, 0.25) is 0 Å². The van der Waals surface area contributed by atoms with Gasteiger partial charge in [0.15, 0.2) is 11.3 Å². The molecule has 0 aliphatic rings. The first-order valence-electron chi connectivity index (χ1n) is 7.00. The molecule has 1 heterocycles. The Morgan fingerprint density at radius 2 is 2.27 bits per heavy atom. The first-order valence-corrected chi connectivity index (χ1v) is 7.38. The minimum Gasteiger partial charge on any atom is -0.483 e. The van der Waals surface area contributed by atoms with E-state index in [0.29, 0.717) is 34.8 Å². The second-order valence-corrected chi connectivity index (χ2v) is 5.18. The third kappa shape index (κ3) is 3.96. The third-order valence-corrected chi connectivity index (χ3v) is 3.30. The first kappa shape index (κ1) is 16.3. The van der Waals surface area contributed by atoms with Crippen LogP contribution in [0.25, 0.3) is 11.0 Å². The molecule has 0 saturated heterocycles. The molecule has 116 valence electrons. The zero-order chi connectivity index (χ0) is 15.9. The second kappa shape index (κ2) is 7.77. The lowest BCUT2D eigenvalue weighted by molar-refractivity contribution is 0.236. The molecule has 0 spiro atoms. The molecule has 6 heteroatoms. The Kier molecular flexibility index (Phi) is 5.75. The lowest BCUT2D eigenvalue weighted by atomic mass is 10.1. The van der Waals surface area contributed by atoms with Crippen LogP contribution in [0, 0.1) is 0 Å². The van der Waals surface area contributed by atoms with Gasteiger partial charge in [0.1, 0.15) is 11.6 Å². The topological polar surface area (TPSA) is 76.8 Å². The van der Waals surface area contributed by atoms with Crippen molar-refractivity contribution in [3.05, 3.63) is 53.6 Å². The molecule has 2 rings (SSSR count). The van der Waals surface area contributed by atoms with Gasteiger partial charge in [-0.1, -0.05) is 42.5 Å². The molecule has 2 aromatic rings. The van der Waals surface area contributed by atoms with Crippen molar-refractivity contribution in [2.45, 2.75) is 19.4 Å². The van der Waals surface area contributed by atoms with E-state index in [1.807, 2.05) is 31.2 Å². The number of rotatable bonds is 7. The standard InChI is InChI=1S/C16H19ClN4O/c1-3-4-5-6-11(2)14(7-8-18)22-15-10-12(17)9-13-16(15)20-21-19-13/h3-6,9-10,14H,2,7-8,18H2,1H3,(H,19,20,21)/b4-3-,6-5-/t14-/m1/s1. The molecule has 3 N–H and O–H groups in total. The Morgan fingerprint density at radius 3 is 3.00 bits per heavy atom. The summed E-state index contributed by atoms with van der Waals surface area (Å²) in [6.07, 6.45) is 8.09. The molecule has 0 saturated carbocycles. The summed E-state index contributed by atoms with van der Waals surface area (Å²) in [5.74, 6) is 0.565. The average molecular weight is 319 g/mol. The molecule has 0 bridgehead atoms. The molecular weight excluding hydrogens is 300 g/mol. The molecule has 0 radical (unpaired) electrons. The Balaban J connectivity index is 2.26. The third-order valence-electron chi connectivity index (χ3n) is 3.08. The van der Waals surface area contributed by atoms with E-state index in [0.717, 1.165) is 5.57 Å². The number of ether oxygens (including phenoxy) is 1. The number of aromatic amines is 1. The molecule has 5 nitrogen and oxygen atoms in total. The number of halogens is 1. The molecule has 1 atom stereocenters. The zero-order valence-corrected chi connectivity index (χ0v) is 13.2. The lowest BCUT2D eigenvalue weighted by Crippen LogP contribution is -2.22. The number of benzene rings is 1. The van der Waals surface area contributed by atoms with Crippen LogP contribution in [0.5, 0.6) is 5.75 Å². The van der Waals surface area contributed by atoms with Gasteiger partial charge in [-0.25, -0.2) is 0 Å². The molecule has 0 aliphatic heterocycles. The largest absolute Gasteiger partial charge is 0.483 e. The molecule has 0 fully saturated rings. The van der Waals surface area contributed by atoms with Crippen molar-refractivity contribution in [1.82, 2.24) is 15.4 Å². The van der Waals surface area contributed by atoms with E-state index >= 15 is 0 Å². The molecule has 0 amide bonds. The summed E-state index contributed by atoms with van der Waals surface area (Å²) in [7, 11) is 0. The fourth-order valence-corrected chi connectivity index (χ4v) is 2.20. The summed E-state index contributed by atoms with van der Waals surface area (Å²) in [5, 5.41) is 11.2. The van der Waals surface area contributed by atoms with Crippen molar-refractivity contribution in [2.75, 3.05) is 6.54 Å². The quantitative estimate of drug-likeness (QED) is 0.767. The van der Waals surface area contributed by atoms with E-state index < -0.39 is 0 Å². The minimum absolute atomic E-state index is 0.245. The van der Waals surface area contributed by atoms with Crippen molar-refractivity contribution < 1.29 is 4.74 Å². The van der Waals surface area contributed by atoms with Crippen LogP contribution in [-0.4, -0.2) is 28.1 Å². The minimum atomic E-state index is -0.245. The fraction of sp³-hybridized carbons (Fsp3) is 0.250. The maximum Gasteiger partial charge on any atom is 0.154 e. The number of nitrogens with two attached hydrogens (primary N) is 1. The second-order valence-electron chi connectivity index (χ2n) is 4.74. The lowest BCUT2D eigenvalue weighted by Gasteiger charge is -2.19. The van der Waals surface area contributed by atoms with E-state index in [2.05, 4.69) is 22.0 Å². The Morgan fingerprint density at radius 1 is 1.45 bits per heavy atom. The van der Waals surface area contributed by atoms with E-state index in [4.69, 9.17) is 22.1 Å². The summed E-state index contributed by atoms with van der Waals surface area (Å²) in [6.45, 7) is 6.50. The van der Waals surface area contributed by atoms with Crippen LogP contribution in [0.15, 0.2) is 48.6 Å². The van der Waals surface area contributed by atoms with Gasteiger partial charge < -0.3 is 10.5 Å². The summed E-state index contributed by atoms with van der Waals surface area (Å²) < 4.78 is 6.04. The van der Waals surface area contributed by atoms with Gasteiger partial charge in [-0.15, -0.1) is 0 Å². The fourth-order valence-electron chi connectivity index (χ4n) is 2.00. The normalized spacial score (nSPS) is 13.2. The van der Waals surface area contributed by atoms with Gasteiger partial charge in [0, 0.05) is 17.5 Å². The van der Waals surface area contributed by atoms with Crippen molar-refractivity contribution in [3.8, 4) is 5.75 Å². The summed E-state index contributed by atoms with van der Waals surface area (Å²) in [6, 6.07) is 3.45. The van der Waals surface area contributed by atoms with Crippen LogP contribution in [0.3, 0.4) is 0 Å². The van der Waals surface area contributed by atoms with Crippen LogP contribution >= 0.6 is 11.6 Å². The molecular formula is C16H19ClN4O. The van der Waals surface area contributed by atoms with Gasteiger partial charge in [-0.2, -0.15) is 15.4 Å². The van der Waals surface area contributed by atoms with Gasteiger partial charge >= 0.3 is 0 Å². The van der Waals surface area contributed by atoms with E-state index in [1.54, 1.807) is 12.1 Å². The predicted molar refractivity (Wildman–Crippen MR) is 90.1 cm³/mol. The summed E-state index contributed by atoms with van der Waals surface area (Å²) >= 11 is 6.09. The molecule has 0 aliphatic carbocycles. The van der Waals surface area contributed by atoms with Crippen LogP contribution in [0.2, 0.25) is 5.02 Å². The zero-order valence-electron chi connectivity index (χ0n) is 12.4. The predicted octanol–water partition coefficient (Wildman–Crippen LogP) is 3.40. The molecule has 0 unspecified atom stereocenters.